The highest BCUT2D eigenvalue weighted by Gasteiger charge is 2.13. The highest BCUT2D eigenvalue weighted by molar-refractivity contribution is 7.11. The third-order valence-corrected chi connectivity index (χ3v) is 3.90. The topological polar surface area (TPSA) is 55.8 Å². The molecule has 1 heterocycles. The monoisotopic (exact) mass is 318 g/mol. The van der Waals surface area contributed by atoms with Crippen LogP contribution in [0, 0.1) is 0 Å². The van der Waals surface area contributed by atoms with E-state index in [1.54, 1.807) is 37.5 Å². The zero-order valence-corrected chi connectivity index (χ0v) is 13.4. The van der Waals surface area contributed by atoms with Crippen LogP contribution in [-0.4, -0.2) is 24.8 Å². The van der Waals surface area contributed by atoms with Gasteiger partial charge in [0, 0.05) is 16.5 Å². The first-order valence-corrected chi connectivity index (χ1v) is 7.83. The van der Waals surface area contributed by atoms with Crippen LogP contribution in [0.25, 0.3) is 11.6 Å². The second kappa shape index (κ2) is 7.66. The van der Waals surface area contributed by atoms with Crippen molar-refractivity contribution >= 4 is 29.0 Å². The third kappa shape index (κ3) is 3.89. The summed E-state index contributed by atoms with van der Waals surface area (Å²) in [5, 5.41) is 11.3. The van der Waals surface area contributed by atoms with E-state index in [4.69, 9.17) is 9.47 Å². The van der Waals surface area contributed by atoms with E-state index < -0.39 is 5.97 Å². The Morgan fingerprint density at radius 2 is 2.18 bits per heavy atom. The first kappa shape index (κ1) is 16.1. The van der Waals surface area contributed by atoms with E-state index >= 15 is 0 Å². The quantitative estimate of drug-likeness (QED) is 0.778. The molecule has 0 radical (unpaired) electrons. The average Bonchev–Trinajstić information content (AvgIpc) is 3.04. The molecule has 2 aromatic rings. The first-order valence-electron chi connectivity index (χ1n) is 6.95. The van der Waals surface area contributed by atoms with Crippen LogP contribution in [0.1, 0.15) is 23.8 Å². The molecule has 1 aromatic heterocycles. The lowest BCUT2D eigenvalue weighted by Crippen LogP contribution is -2.00. The highest BCUT2D eigenvalue weighted by atomic mass is 32.1. The molecule has 22 heavy (non-hydrogen) atoms. The van der Waals surface area contributed by atoms with E-state index in [-0.39, 0.29) is 5.57 Å². The predicted octanol–water partition coefficient (Wildman–Crippen LogP) is 4.17. The minimum absolute atomic E-state index is 0.251. The Kier molecular flexibility index (Phi) is 5.61. The van der Waals surface area contributed by atoms with E-state index in [0.717, 1.165) is 12.0 Å². The summed E-state index contributed by atoms with van der Waals surface area (Å²) in [5.74, 6) is 0.340. The van der Waals surface area contributed by atoms with Gasteiger partial charge >= 0.3 is 5.97 Å². The van der Waals surface area contributed by atoms with Crippen LogP contribution in [0.2, 0.25) is 0 Å². The maximum atomic E-state index is 11.5. The summed E-state index contributed by atoms with van der Waals surface area (Å²) in [6, 6.07) is 8.99. The molecule has 0 unspecified atom stereocenters. The standard InChI is InChI=1S/C17H18O4S/c1-3-8-21-15-11-13(20-2)7-6-12(15)10-14(17(18)19)16-5-4-9-22-16/h4-7,9-11H,3,8H2,1-2H3,(H,18,19)/b14-10-. The van der Waals surface area contributed by atoms with Gasteiger partial charge in [-0.2, -0.15) is 0 Å². The molecule has 0 fully saturated rings. The molecule has 2 rings (SSSR count). The Balaban J connectivity index is 2.45. The van der Waals surface area contributed by atoms with Crippen molar-refractivity contribution in [2.75, 3.05) is 13.7 Å². The van der Waals surface area contributed by atoms with Gasteiger partial charge in [0.15, 0.2) is 0 Å². The lowest BCUT2D eigenvalue weighted by atomic mass is 10.1. The molecule has 0 bridgehead atoms. The zero-order valence-electron chi connectivity index (χ0n) is 12.5. The van der Waals surface area contributed by atoms with Crippen molar-refractivity contribution in [2.45, 2.75) is 13.3 Å². The molecule has 1 aromatic carbocycles. The summed E-state index contributed by atoms with van der Waals surface area (Å²) in [6.45, 7) is 2.58. The fraction of sp³-hybridized carbons (Fsp3) is 0.235. The van der Waals surface area contributed by atoms with Crippen molar-refractivity contribution in [3.05, 3.63) is 46.2 Å². The fourth-order valence-electron chi connectivity index (χ4n) is 1.92. The van der Waals surface area contributed by atoms with E-state index in [9.17, 15) is 9.90 Å². The molecule has 5 heteroatoms. The van der Waals surface area contributed by atoms with Crippen LogP contribution in [0.15, 0.2) is 35.7 Å². The first-order chi connectivity index (χ1) is 10.7. The van der Waals surface area contributed by atoms with Crippen molar-refractivity contribution in [3.63, 3.8) is 0 Å². The normalized spacial score (nSPS) is 11.3. The summed E-state index contributed by atoms with van der Waals surface area (Å²) >= 11 is 1.40. The van der Waals surface area contributed by atoms with Gasteiger partial charge in [-0.25, -0.2) is 4.79 Å². The molecule has 4 nitrogen and oxygen atoms in total. The highest BCUT2D eigenvalue weighted by Crippen LogP contribution is 2.30. The molecule has 0 spiro atoms. The Bertz CT molecular complexity index is 659. The maximum Gasteiger partial charge on any atom is 0.337 e. The van der Waals surface area contributed by atoms with Crippen LogP contribution in [0.3, 0.4) is 0 Å². The van der Waals surface area contributed by atoms with Crippen LogP contribution >= 0.6 is 11.3 Å². The minimum atomic E-state index is -0.959. The van der Waals surface area contributed by atoms with Crippen molar-refractivity contribution in [2.24, 2.45) is 0 Å². The summed E-state index contributed by atoms with van der Waals surface area (Å²) in [5.41, 5.74) is 0.974. The molecule has 0 saturated carbocycles. The van der Waals surface area contributed by atoms with Gasteiger partial charge in [0.1, 0.15) is 11.5 Å². The lowest BCUT2D eigenvalue weighted by Gasteiger charge is -2.11. The SMILES string of the molecule is CCCOc1cc(OC)ccc1/C=C(\C(=O)O)c1cccs1. The van der Waals surface area contributed by atoms with E-state index in [1.165, 1.54) is 11.3 Å². The molecule has 116 valence electrons. The van der Waals surface area contributed by atoms with Gasteiger partial charge in [0.05, 0.1) is 19.3 Å². The van der Waals surface area contributed by atoms with Crippen molar-refractivity contribution in [3.8, 4) is 11.5 Å². The molecular weight excluding hydrogens is 300 g/mol. The number of benzene rings is 1. The summed E-state index contributed by atoms with van der Waals surface area (Å²) in [6.07, 6.45) is 2.51. The van der Waals surface area contributed by atoms with Crippen molar-refractivity contribution in [1.29, 1.82) is 0 Å². The van der Waals surface area contributed by atoms with Crippen LogP contribution in [-0.2, 0) is 4.79 Å². The van der Waals surface area contributed by atoms with Crippen LogP contribution in [0.4, 0.5) is 0 Å². The van der Waals surface area contributed by atoms with Crippen molar-refractivity contribution < 1.29 is 19.4 Å². The number of rotatable bonds is 7. The number of aliphatic carboxylic acids is 1. The molecule has 0 aliphatic heterocycles. The number of methoxy groups -OCH3 is 1. The number of hydrogen-bond acceptors (Lipinski definition) is 4. The van der Waals surface area contributed by atoms with Gasteiger partial charge in [-0.1, -0.05) is 13.0 Å². The predicted molar refractivity (Wildman–Crippen MR) is 88.6 cm³/mol. The number of carbonyl (C=O) groups is 1. The van der Waals surface area contributed by atoms with Gasteiger partial charge in [-0.05, 0) is 36.1 Å². The van der Waals surface area contributed by atoms with Gasteiger partial charge in [0.25, 0.3) is 0 Å². The van der Waals surface area contributed by atoms with E-state index in [0.29, 0.717) is 23.0 Å². The Morgan fingerprint density at radius 1 is 1.36 bits per heavy atom. The molecule has 0 aliphatic carbocycles. The molecule has 0 aliphatic rings. The smallest absolute Gasteiger partial charge is 0.337 e. The number of ether oxygens (including phenoxy) is 2. The summed E-state index contributed by atoms with van der Waals surface area (Å²) in [7, 11) is 1.59. The van der Waals surface area contributed by atoms with Gasteiger partial charge in [0.2, 0.25) is 0 Å². The Morgan fingerprint density at radius 3 is 2.77 bits per heavy atom. The number of thiophene rings is 1. The van der Waals surface area contributed by atoms with Gasteiger partial charge < -0.3 is 14.6 Å². The van der Waals surface area contributed by atoms with Gasteiger partial charge in [-0.15, -0.1) is 11.3 Å². The maximum absolute atomic E-state index is 11.5. The minimum Gasteiger partial charge on any atom is -0.497 e. The van der Waals surface area contributed by atoms with E-state index in [1.807, 2.05) is 18.4 Å². The Hall–Kier alpha value is -2.27. The molecule has 0 saturated heterocycles. The number of carboxylic acid groups (broad SMARTS) is 1. The number of hydrogen-bond donors (Lipinski definition) is 1. The third-order valence-electron chi connectivity index (χ3n) is 3.00. The van der Waals surface area contributed by atoms with E-state index in [2.05, 4.69) is 0 Å². The average molecular weight is 318 g/mol. The second-order valence-electron chi connectivity index (χ2n) is 4.59. The fourth-order valence-corrected chi connectivity index (χ4v) is 2.66. The van der Waals surface area contributed by atoms with Gasteiger partial charge in [-0.3, -0.25) is 0 Å². The largest absolute Gasteiger partial charge is 0.497 e. The van der Waals surface area contributed by atoms with Crippen LogP contribution < -0.4 is 9.47 Å². The van der Waals surface area contributed by atoms with Crippen LogP contribution in [0.5, 0.6) is 11.5 Å². The molecule has 0 amide bonds. The summed E-state index contributed by atoms with van der Waals surface area (Å²) < 4.78 is 10.9. The second-order valence-corrected chi connectivity index (χ2v) is 5.54. The number of carboxylic acids is 1. The van der Waals surface area contributed by atoms with Crippen molar-refractivity contribution in [1.82, 2.24) is 0 Å². The zero-order chi connectivity index (χ0) is 15.9. The Labute approximate surface area is 133 Å². The molecule has 0 atom stereocenters. The molecular formula is C17H18O4S. The lowest BCUT2D eigenvalue weighted by molar-refractivity contribution is -0.130. The molecule has 1 N–H and O–H groups in total. The summed E-state index contributed by atoms with van der Waals surface area (Å²) in [4.78, 5) is 12.2.